The van der Waals surface area contributed by atoms with Crippen LogP contribution in [-0.4, -0.2) is 21.6 Å². The van der Waals surface area contributed by atoms with Gasteiger partial charge in [-0.3, -0.25) is 0 Å². The quantitative estimate of drug-likeness (QED) is 0.258. The van der Waals surface area contributed by atoms with Crippen molar-refractivity contribution in [3.8, 4) is 0 Å². The van der Waals surface area contributed by atoms with Crippen LogP contribution < -0.4 is 5.73 Å². The molecule has 0 unspecified atom stereocenters. The Hall–Kier alpha value is -0.370. The van der Waals surface area contributed by atoms with Crippen molar-refractivity contribution < 1.29 is 17.6 Å². The molecular weight excluding hydrogens is 375 g/mol. The van der Waals surface area contributed by atoms with Crippen LogP contribution in [0.15, 0.2) is 22.0 Å². The fraction of sp³-hybridized carbons (Fsp3) is 0.364. The Morgan fingerprint density at radius 2 is 1.86 bits per heavy atom. The van der Waals surface area contributed by atoms with Gasteiger partial charge in [-0.05, 0) is 24.6 Å². The highest BCUT2D eigenvalue weighted by atomic mass is 35.6. The van der Waals surface area contributed by atoms with Crippen LogP contribution >= 0.6 is 46.6 Å². The third kappa shape index (κ3) is 6.10. The summed E-state index contributed by atoms with van der Waals surface area (Å²) in [7, 11) is 0. The molecule has 1 aromatic rings. The zero-order chi connectivity index (χ0) is 16.4. The highest BCUT2D eigenvalue weighted by molar-refractivity contribution is 7.99. The lowest BCUT2D eigenvalue weighted by molar-refractivity contribution is -0.105. The molecular formula is C11H9Cl3F4N2S. The molecule has 118 valence electrons. The largest absolute Gasteiger partial charge is 0.398 e. The number of thioether (sulfide) groups is 1. The fourth-order valence-electron chi connectivity index (χ4n) is 1.24. The average Bonchev–Trinajstić information content (AvgIpc) is 2.28. The molecule has 0 atom stereocenters. The van der Waals surface area contributed by atoms with Crippen molar-refractivity contribution in [3.63, 3.8) is 0 Å². The van der Waals surface area contributed by atoms with E-state index >= 15 is 0 Å². The Kier molecular flexibility index (Phi) is 6.06. The molecule has 0 saturated carbocycles. The number of hydrogen-bond acceptors (Lipinski definition) is 2. The van der Waals surface area contributed by atoms with Crippen LogP contribution in [-0.2, 0) is 0 Å². The maximum absolute atomic E-state index is 13.7. The summed E-state index contributed by atoms with van der Waals surface area (Å²) in [5.74, 6) is -2.37. The molecule has 0 radical (unpaired) electrons. The molecule has 0 aliphatic carbocycles. The molecule has 0 aliphatic heterocycles. The molecule has 0 fully saturated rings. The number of hydrogen-bond donors (Lipinski definition) is 1. The van der Waals surface area contributed by atoms with Gasteiger partial charge >= 0.3 is 6.18 Å². The maximum atomic E-state index is 13.7. The normalized spacial score (nSPS) is 13.6. The van der Waals surface area contributed by atoms with E-state index in [2.05, 4.69) is 4.99 Å². The Morgan fingerprint density at radius 1 is 1.29 bits per heavy atom. The average molecular weight is 384 g/mol. The number of amidine groups is 1. The zero-order valence-corrected chi connectivity index (χ0v) is 13.5. The van der Waals surface area contributed by atoms with E-state index in [1.54, 1.807) is 0 Å². The van der Waals surface area contributed by atoms with Crippen LogP contribution in [0.25, 0.3) is 0 Å². The third-order valence-corrected chi connectivity index (χ3v) is 3.97. The van der Waals surface area contributed by atoms with Crippen molar-refractivity contribution in [2.75, 3.05) is 5.75 Å². The number of benzene rings is 1. The van der Waals surface area contributed by atoms with E-state index in [4.69, 9.17) is 40.5 Å². The van der Waals surface area contributed by atoms with E-state index in [0.717, 1.165) is 12.1 Å². The van der Waals surface area contributed by atoms with Gasteiger partial charge in [-0.25, -0.2) is 9.38 Å². The first-order valence-corrected chi connectivity index (χ1v) is 7.43. The molecule has 0 bridgehead atoms. The third-order valence-electron chi connectivity index (χ3n) is 2.17. The lowest BCUT2D eigenvalue weighted by Gasteiger charge is -2.12. The number of rotatable bonds is 3. The molecule has 0 heterocycles. The molecule has 2 N–H and O–H groups in total. The molecule has 0 spiro atoms. The van der Waals surface area contributed by atoms with Crippen LogP contribution in [0.3, 0.4) is 0 Å². The predicted octanol–water partition coefficient (Wildman–Crippen LogP) is 5.15. The second kappa shape index (κ2) is 6.81. The Labute approximate surface area is 137 Å². The first-order valence-electron chi connectivity index (χ1n) is 5.31. The molecule has 0 saturated heterocycles. The lowest BCUT2D eigenvalue weighted by Crippen LogP contribution is -2.27. The lowest BCUT2D eigenvalue weighted by atomic mass is 10.2. The van der Waals surface area contributed by atoms with Gasteiger partial charge in [0.25, 0.3) is 0 Å². The predicted molar refractivity (Wildman–Crippen MR) is 79.5 cm³/mol. The summed E-state index contributed by atoms with van der Waals surface area (Å²) in [6.07, 6.45) is -4.34. The molecule has 1 aromatic carbocycles. The second-order valence-corrected chi connectivity index (χ2v) is 7.27. The van der Waals surface area contributed by atoms with Gasteiger partial charge in [-0.2, -0.15) is 13.2 Å². The molecule has 2 nitrogen and oxygen atoms in total. The molecule has 0 amide bonds. The summed E-state index contributed by atoms with van der Waals surface area (Å²) in [5, 5.41) is 0. The smallest absolute Gasteiger partial charge is 0.384 e. The Balaban J connectivity index is 3.12. The summed E-state index contributed by atoms with van der Waals surface area (Å²) in [4.78, 5) is 3.82. The summed E-state index contributed by atoms with van der Waals surface area (Å²) < 4.78 is 48.4. The highest BCUT2D eigenvalue weighted by Gasteiger charge is 2.28. The van der Waals surface area contributed by atoms with Crippen molar-refractivity contribution in [3.05, 3.63) is 23.5 Å². The van der Waals surface area contributed by atoms with Crippen molar-refractivity contribution in [2.45, 2.75) is 21.8 Å². The standard InChI is InChI=1S/C11H9Cl3F4N2S/c1-5-2-6(15)7(20-9(19)11(12,13)14)3-8(5)21-4-10(16,17)18/h2-3H,4H2,1H3,(H2,19,20). The van der Waals surface area contributed by atoms with Crippen molar-refractivity contribution >= 4 is 58.1 Å². The summed E-state index contributed by atoms with van der Waals surface area (Å²) in [6, 6.07) is 2.17. The van der Waals surface area contributed by atoms with E-state index in [9.17, 15) is 17.6 Å². The van der Waals surface area contributed by atoms with Crippen molar-refractivity contribution in [1.82, 2.24) is 0 Å². The van der Waals surface area contributed by atoms with Gasteiger partial charge in [0.2, 0.25) is 3.79 Å². The minimum Gasteiger partial charge on any atom is -0.384 e. The van der Waals surface area contributed by atoms with Gasteiger partial charge in [0.05, 0.1) is 5.75 Å². The first kappa shape index (κ1) is 18.7. The van der Waals surface area contributed by atoms with Crippen molar-refractivity contribution in [1.29, 1.82) is 0 Å². The minimum atomic E-state index is -4.34. The topological polar surface area (TPSA) is 38.4 Å². The Bertz CT molecular complexity index is 556. The zero-order valence-electron chi connectivity index (χ0n) is 10.4. The first-order chi connectivity index (χ1) is 9.40. The number of nitrogens with zero attached hydrogens (tertiary/aromatic N) is 1. The van der Waals surface area contributed by atoms with Crippen LogP contribution in [0.5, 0.6) is 0 Å². The fourth-order valence-corrected chi connectivity index (χ4v) is 2.16. The minimum absolute atomic E-state index is 0.213. The maximum Gasteiger partial charge on any atom is 0.398 e. The van der Waals surface area contributed by atoms with Crippen LogP contribution in [0.1, 0.15) is 5.56 Å². The van der Waals surface area contributed by atoms with E-state index < -0.39 is 27.4 Å². The van der Waals surface area contributed by atoms with Gasteiger partial charge in [0.1, 0.15) is 11.5 Å². The summed E-state index contributed by atoms with van der Waals surface area (Å²) >= 11 is 16.9. The molecule has 1 rings (SSSR count). The monoisotopic (exact) mass is 382 g/mol. The van der Waals surface area contributed by atoms with Gasteiger partial charge in [0, 0.05) is 4.90 Å². The van der Waals surface area contributed by atoms with E-state index in [0.29, 0.717) is 17.3 Å². The molecule has 21 heavy (non-hydrogen) atoms. The molecule has 10 heteroatoms. The number of aliphatic imine (C=N–C) groups is 1. The SMILES string of the molecule is Cc1cc(F)c(N=C(N)C(Cl)(Cl)Cl)cc1SCC(F)(F)F. The summed E-state index contributed by atoms with van der Waals surface area (Å²) in [5.41, 5.74) is 5.43. The Morgan fingerprint density at radius 3 is 2.33 bits per heavy atom. The molecule has 0 aromatic heterocycles. The van der Waals surface area contributed by atoms with Crippen molar-refractivity contribution in [2.24, 2.45) is 10.7 Å². The number of halogens is 7. The van der Waals surface area contributed by atoms with Crippen LogP contribution in [0.2, 0.25) is 0 Å². The molecule has 0 aliphatic rings. The number of alkyl halides is 6. The number of aryl methyl sites for hydroxylation is 1. The van der Waals surface area contributed by atoms with E-state index in [-0.39, 0.29) is 10.6 Å². The summed E-state index contributed by atoms with van der Waals surface area (Å²) in [6.45, 7) is 1.48. The highest BCUT2D eigenvalue weighted by Crippen LogP contribution is 2.34. The van der Waals surface area contributed by atoms with Gasteiger partial charge in [-0.1, -0.05) is 34.8 Å². The van der Waals surface area contributed by atoms with E-state index in [1.807, 2.05) is 0 Å². The second-order valence-electron chi connectivity index (χ2n) is 3.97. The van der Waals surface area contributed by atoms with Gasteiger partial charge in [-0.15, -0.1) is 11.8 Å². The van der Waals surface area contributed by atoms with Gasteiger partial charge in [0.15, 0.2) is 5.84 Å². The van der Waals surface area contributed by atoms with Gasteiger partial charge < -0.3 is 5.73 Å². The number of nitrogens with two attached hydrogens (primary N) is 1. The van der Waals surface area contributed by atoms with E-state index in [1.165, 1.54) is 6.92 Å². The van der Waals surface area contributed by atoms with Crippen LogP contribution in [0, 0.1) is 12.7 Å². The van der Waals surface area contributed by atoms with Crippen LogP contribution in [0.4, 0.5) is 23.2 Å².